The number of carbonyl (C=O) groups excluding carboxylic acids is 11. The van der Waals surface area contributed by atoms with Crippen LogP contribution in [0.5, 0.6) is 5.75 Å². The lowest BCUT2D eigenvalue weighted by Gasteiger charge is -2.34. The molecule has 2 aliphatic heterocycles. The molecule has 29 nitrogen and oxygen atoms in total. The number of guanidine groups is 1. The molecule has 1 aromatic heterocycles. The highest BCUT2D eigenvalue weighted by molar-refractivity contribution is 6.00. The number of nitrogens with zero attached hydrogens (tertiary/aromatic N) is 5. The van der Waals surface area contributed by atoms with Crippen LogP contribution in [0.3, 0.4) is 0 Å². The first-order valence-corrected chi connectivity index (χ1v) is 31.6. The van der Waals surface area contributed by atoms with E-state index in [4.69, 9.17) is 22.9 Å². The Balaban J connectivity index is 1.23. The minimum Gasteiger partial charge on any atom is -0.508 e. The number of phenols is 1. The molecular formula is C66H87N15O14. The van der Waals surface area contributed by atoms with Gasteiger partial charge in [-0.25, -0.2) is 4.79 Å². The van der Waals surface area contributed by atoms with E-state index in [0.29, 0.717) is 29.5 Å². The van der Waals surface area contributed by atoms with Gasteiger partial charge >= 0.3 is 5.97 Å². The van der Waals surface area contributed by atoms with E-state index in [1.165, 1.54) is 36.5 Å². The Morgan fingerprint density at radius 2 is 1.07 bits per heavy atom. The molecule has 0 saturated carbocycles. The molecule has 6 rings (SSSR count). The van der Waals surface area contributed by atoms with Gasteiger partial charge in [0.05, 0.1) is 5.56 Å². The number of nitrogens with one attached hydrogen (secondary N) is 6. The normalized spacial score (nSPS) is 16.5. The molecular weight excluding hydrogens is 1230 g/mol. The van der Waals surface area contributed by atoms with Crippen LogP contribution in [-0.4, -0.2) is 188 Å². The van der Waals surface area contributed by atoms with Gasteiger partial charge in [0.15, 0.2) is 5.96 Å². The van der Waals surface area contributed by atoms with Gasteiger partial charge in [-0.1, -0.05) is 86.6 Å². The number of carboxylic acid groups (broad SMARTS) is 1. The van der Waals surface area contributed by atoms with E-state index >= 15 is 9.59 Å². The summed E-state index contributed by atoms with van der Waals surface area (Å²) in [6, 6.07) is 13.9. The van der Waals surface area contributed by atoms with Gasteiger partial charge in [-0.3, -0.25) is 62.7 Å². The van der Waals surface area contributed by atoms with Crippen molar-refractivity contribution in [2.24, 2.45) is 33.8 Å². The zero-order valence-corrected chi connectivity index (χ0v) is 53.5. The highest BCUT2D eigenvalue weighted by Gasteiger charge is 2.43. The van der Waals surface area contributed by atoms with Crippen molar-refractivity contribution >= 4 is 76.9 Å². The summed E-state index contributed by atoms with van der Waals surface area (Å²) in [6.45, 7) is 3.85. The Morgan fingerprint density at radius 1 is 0.579 bits per heavy atom. The summed E-state index contributed by atoms with van der Waals surface area (Å²) in [4.78, 5) is 179. The largest absolute Gasteiger partial charge is 0.508 e. The summed E-state index contributed by atoms with van der Waals surface area (Å²) in [5.74, 6) is -10.6. The number of amides is 11. The lowest BCUT2D eigenvalue weighted by atomic mass is 9.98. The standard InChI is InChI=1S/C66H87N15O14/c1-39(2)34-49(77-58(87)48(35-42-22-24-44(82)25-23-42)76-60(89)51-20-12-32-80(51)62(91)43-18-10-30-71-38-43)63(92)79(3)53(37-41-16-8-5-9-17-41)61(90)75-47(27-29-55(68)84)64(93)81-33-13-21-52(81)59(88)74-46(26-28-54(67)83)57(86)73-45(19-11-31-72-66(69)70)56(85)78-50(65(94)95)36-40-14-6-4-7-15-40/h4-10,14-18,22-25,30,38-39,45-53,82H,11-13,19-21,26-29,31-37H2,1-3H3,(H2,67,83)(H2,68,84)(H,73,86)(H,74,88)(H,75,90)(H,76,89)(H,77,87)(H,78,85)(H,94,95)(H4,69,70,72)/t45-,46-,47-,48+,49-,50-,51-,52-,53-/m0/s1. The number of phenolic OH excluding ortho intramolecular Hbond substituents is 1. The number of rotatable bonds is 35. The van der Waals surface area contributed by atoms with Crippen molar-refractivity contribution in [2.75, 3.05) is 26.7 Å². The van der Waals surface area contributed by atoms with Crippen LogP contribution in [0.15, 0.2) is 114 Å². The van der Waals surface area contributed by atoms with Gasteiger partial charge in [-0.2, -0.15) is 0 Å². The number of aromatic hydroxyl groups is 1. The molecule has 0 radical (unpaired) electrons. The summed E-state index contributed by atoms with van der Waals surface area (Å²) >= 11 is 0. The maximum Gasteiger partial charge on any atom is 0.326 e. The number of hydrogen-bond donors (Lipinski definition) is 12. The van der Waals surface area contributed by atoms with Gasteiger partial charge in [0.2, 0.25) is 59.1 Å². The second kappa shape index (κ2) is 36.1. The molecule has 0 spiro atoms. The molecule has 2 aliphatic rings. The molecule has 2 saturated heterocycles. The minimum absolute atomic E-state index is 0.0134. The fourth-order valence-corrected chi connectivity index (χ4v) is 11.4. The molecule has 0 unspecified atom stereocenters. The summed E-state index contributed by atoms with van der Waals surface area (Å²) < 4.78 is 0. The maximum absolute atomic E-state index is 15.1. The Labute approximate surface area is 550 Å². The Bertz CT molecular complexity index is 3360. The number of aliphatic carboxylic acids is 1. The van der Waals surface area contributed by atoms with Crippen LogP contribution in [0, 0.1) is 5.92 Å². The molecule has 510 valence electrons. The number of pyridine rings is 1. The van der Waals surface area contributed by atoms with Crippen molar-refractivity contribution in [3.05, 3.63) is 132 Å². The van der Waals surface area contributed by atoms with Crippen molar-refractivity contribution in [2.45, 2.75) is 158 Å². The van der Waals surface area contributed by atoms with Crippen molar-refractivity contribution in [1.82, 2.24) is 51.6 Å². The quantitative estimate of drug-likeness (QED) is 0.0158. The van der Waals surface area contributed by atoms with Gasteiger partial charge in [0, 0.05) is 71.2 Å². The molecule has 0 aliphatic carbocycles. The van der Waals surface area contributed by atoms with Gasteiger partial charge < -0.3 is 79.7 Å². The predicted octanol–water partition coefficient (Wildman–Crippen LogP) is -0.438. The number of carbonyl (C=O) groups is 12. The monoisotopic (exact) mass is 1310 g/mol. The molecule has 4 aromatic rings. The third-order valence-corrected chi connectivity index (χ3v) is 16.4. The smallest absolute Gasteiger partial charge is 0.326 e. The van der Waals surface area contributed by atoms with Gasteiger partial charge in [-0.15, -0.1) is 0 Å². The van der Waals surface area contributed by atoms with E-state index in [1.807, 2.05) is 13.8 Å². The molecule has 16 N–H and O–H groups in total. The van der Waals surface area contributed by atoms with Crippen molar-refractivity contribution in [3.8, 4) is 5.75 Å². The van der Waals surface area contributed by atoms with Crippen LogP contribution in [0.4, 0.5) is 0 Å². The number of nitrogens with two attached hydrogens (primary N) is 4. The van der Waals surface area contributed by atoms with Crippen molar-refractivity contribution in [1.29, 1.82) is 0 Å². The maximum atomic E-state index is 15.1. The molecule has 0 bridgehead atoms. The number of benzene rings is 3. The average molecular weight is 1310 g/mol. The van der Waals surface area contributed by atoms with Gasteiger partial charge in [0.1, 0.15) is 60.1 Å². The lowest BCUT2D eigenvalue weighted by molar-refractivity contribution is -0.145. The second-order valence-corrected chi connectivity index (χ2v) is 24.1. The summed E-state index contributed by atoms with van der Waals surface area (Å²) in [5, 5.41) is 36.2. The number of hydrogen-bond acceptors (Lipinski definition) is 15. The molecule has 95 heavy (non-hydrogen) atoms. The van der Waals surface area contributed by atoms with Crippen LogP contribution in [-0.2, 0) is 72.0 Å². The lowest BCUT2D eigenvalue weighted by Crippen LogP contribution is -2.61. The third kappa shape index (κ3) is 22.7. The predicted molar refractivity (Wildman–Crippen MR) is 347 cm³/mol. The van der Waals surface area contributed by atoms with Crippen LogP contribution in [0.25, 0.3) is 0 Å². The molecule has 29 heteroatoms. The molecule has 9 atom stereocenters. The van der Waals surface area contributed by atoms with E-state index in [0.717, 1.165) is 9.80 Å². The highest BCUT2D eigenvalue weighted by atomic mass is 16.4. The number of likely N-dealkylation sites (N-methyl/N-ethyl adjacent to an activating group) is 1. The van der Waals surface area contributed by atoms with Crippen LogP contribution in [0.1, 0.15) is 112 Å². The van der Waals surface area contributed by atoms with Crippen molar-refractivity contribution in [3.63, 3.8) is 0 Å². The van der Waals surface area contributed by atoms with Crippen molar-refractivity contribution < 1.29 is 67.7 Å². The fraction of sp³-hybridized carbons (Fsp3) is 0.455. The zero-order chi connectivity index (χ0) is 69.3. The molecule has 2 fully saturated rings. The topological polar surface area (TPSA) is 457 Å². The summed E-state index contributed by atoms with van der Waals surface area (Å²) in [6.07, 6.45) is 2.02. The van der Waals surface area contributed by atoms with Gasteiger partial charge in [-0.05, 0) is 105 Å². The Hall–Kier alpha value is -10.5. The second-order valence-electron chi connectivity index (χ2n) is 24.1. The first-order valence-electron chi connectivity index (χ1n) is 31.6. The molecule has 11 amide bonds. The average Bonchev–Trinajstić information content (AvgIpc) is 1.83. The Morgan fingerprint density at radius 3 is 1.63 bits per heavy atom. The van der Waals surface area contributed by atoms with Crippen LogP contribution in [0.2, 0.25) is 0 Å². The van der Waals surface area contributed by atoms with E-state index in [2.05, 4.69) is 41.9 Å². The van der Waals surface area contributed by atoms with E-state index in [9.17, 15) is 58.2 Å². The van der Waals surface area contributed by atoms with E-state index in [1.54, 1.807) is 84.9 Å². The summed E-state index contributed by atoms with van der Waals surface area (Å²) in [5.41, 5.74) is 24.1. The Kier molecular flexibility index (Phi) is 28.0. The van der Waals surface area contributed by atoms with E-state index < -0.39 is 138 Å². The first kappa shape index (κ1) is 73.6. The SMILES string of the molecule is CC(C)C[C@H](NC(=O)[C@@H](Cc1ccc(O)cc1)NC(=O)[C@@H]1CCCN1C(=O)c1cccnc1)C(=O)N(C)[C@@H](Cc1ccccc1)C(=O)N[C@@H](CCC(N)=O)C(=O)N1CCC[C@H]1C(=O)N[C@@H](CCC(N)=O)C(=O)N[C@@H](CCCN=C(N)N)C(=O)N[C@@H](Cc1ccccc1)C(=O)O. The number of carboxylic acids is 1. The van der Waals surface area contributed by atoms with Gasteiger partial charge in [0.25, 0.3) is 5.91 Å². The third-order valence-electron chi connectivity index (χ3n) is 16.4. The van der Waals surface area contributed by atoms with Crippen LogP contribution < -0.4 is 54.8 Å². The zero-order valence-electron chi connectivity index (χ0n) is 53.5. The van der Waals surface area contributed by atoms with E-state index in [-0.39, 0.29) is 107 Å². The number of likely N-dealkylation sites (tertiary alicyclic amines) is 2. The number of aliphatic imine (C=N–C) groups is 1. The first-order chi connectivity index (χ1) is 45.3. The number of primary amides is 2. The summed E-state index contributed by atoms with van der Waals surface area (Å²) in [7, 11) is 1.35. The number of aromatic nitrogens is 1. The molecule has 3 aromatic carbocycles. The fourth-order valence-electron chi connectivity index (χ4n) is 11.4. The highest BCUT2D eigenvalue weighted by Crippen LogP contribution is 2.24. The van der Waals surface area contributed by atoms with Crippen LogP contribution >= 0.6 is 0 Å². The minimum atomic E-state index is -1.57. The molecule has 3 heterocycles.